The van der Waals surface area contributed by atoms with Gasteiger partial charge in [-0.3, -0.25) is 0 Å². The van der Waals surface area contributed by atoms with Crippen LogP contribution in [0.2, 0.25) is 10.0 Å². The Morgan fingerprint density at radius 1 is 1.41 bits per heavy atom. The van der Waals surface area contributed by atoms with Crippen molar-refractivity contribution in [2.24, 2.45) is 4.99 Å². The van der Waals surface area contributed by atoms with Crippen LogP contribution < -0.4 is 0 Å². The Hall–Kier alpha value is -1.24. The fraction of sp³-hybridized carbons (Fsp3) is 0.333. The molecular weight excluding hydrogens is 257 g/mol. The lowest BCUT2D eigenvalue weighted by Gasteiger charge is -2.26. The van der Waals surface area contributed by atoms with Gasteiger partial charge in [-0.2, -0.15) is 10.3 Å². The third-order valence-electron chi connectivity index (χ3n) is 2.73. The lowest BCUT2D eigenvalue weighted by molar-refractivity contribution is 0.400. The maximum atomic E-state index is 8.52. The van der Waals surface area contributed by atoms with Crippen LogP contribution in [0.25, 0.3) is 0 Å². The molecule has 17 heavy (non-hydrogen) atoms. The van der Waals surface area contributed by atoms with Crippen molar-refractivity contribution < 1.29 is 0 Å². The third-order valence-corrected chi connectivity index (χ3v) is 3.47. The smallest absolute Gasteiger partial charge is 0.207 e. The molecule has 1 unspecified atom stereocenters. The predicted octanol–water partition coefficient (Wildman–Crippen LogP) is 3.89. The summed E-state index contributed by atoms with van der Waals surface area (Å²) in [6.07, 6.45) is 1.77. The van der Waals surface area contributed by atoms with Crippen molar-refractivity contribution in [3.63, 3.8) is 0 Å². The van der Waals surface area contributed by atoms with E-state index in [0.717, 1.165) is 5.56 Å². The van der Waals surface area contributed by atoms with Crippen LogP contribution >= 0.6 is 23.2 Å². The van der Waals surface area contributed by atoms with Gasteiger partial charge < -0.3 is 4.90 Å². The van der Waals surface area contributed by atoms with E-state index in [-0.39, 0.29) is 6.04 Å². The average Bonchev–Trinajstić information content (AvgIpc) is 2.31. The number of nitrogens with zero attached hydrogens (tertiary/aromatic N) is 3. The monoisotopic (exact) mass is 269 g/mol. The van der Waals surface area contributed by atoms with Gasteiger partial charge in [0.2, 0.25) is 6.19 Å². The van der Waals surface area contributed by atoms with Crippen LogP contribution in [0.1, 0.15) is 25.5 Å². The van der Waals surface area contributed by atoms with E-state index in [0.29, 0.717) is 15.9 Å². The van der Waals surface area contributed by atoms with E-state index in [2.05, 4.69) is 4.99 Å². The molecule has 0 spiro atoms. The summed E-state index contributed by atoms with van der Waals surface area (Å²) in [6, 6.07) is 5.57. The molecule has 0 saturated heterocycles. The van der Waals surface area contributed by atoms with Crippen LogP contribution in [-0.2, 0) is 0 Å². The van der Waals surface area contributed by atoms with Gasteiger partial charge in [0.05, 0.1) is 16.1 Å². The predicted molar refractivity (Wildman–Crippen MR) is 71.4 cm³/mol. The lowest BCUT2D eigenvalue weighted by Crippen LogP contribution is -2.27. The van der Waals surface area contributed by atoms with Gasteiger partial charge in [-0.05, 0) is 31.5 Å². The number of nitriles is 1. The molecule has 0 saturated carbocycles. The van der Waals surface area contributed by atoms with Gasteiger partial charge in [-0.1, -0.05) is 29.3 Å². The van der Waals surface area contributed by atoms with Crippen molar-refractivity contribution in [1.29, 1.82) is 5.26 Å². The highest BCUT2D eigenvalue weighted by atomic mass is 35.5. The van der Waals surface area contributed by atoms with Crippen molar-refractivity contribution in [3.05, 3.63) is 33.8 Å². The number of rotatable bonds is 2. The van der Waals surface area contributed by atoms with Gasteiger partial charge >= 0.3 is 0 Å². The molecule has 1 rings (SSSR count). The maximum Gasteiger partial charge on any atom is 0.207 e. The summed E-state index contributed by atoms with van der Waals surface area (Å²) in [4.78, 5) is 5.61. The lowest BCUT2D eigenvalue weighted by atomic mass is 10.1. The molecule has 1 aromatic rings. The van der Waals surface area contributed by atoms with Gasteiger partial charge in [-0.15, -0.1) is 0 Å². The first-order chi connectivity index (χ1) is 7.97. The minimum Gasteiger partial charge on any atom is -0.356 e. The molecule has 5 heteroatoms. The minimum absolute atomic E-state index is 0.0712. The van der Waals surface area contributed by atoms with Crippen molar-refractivity contribution in [2.75, 3.05) is 7.05 Å². The van der Waals surface area contributed by atoms with Crippen molar-refractivity contribution in [3.8, 4) is 6.19 Å². The largest absolute Gasteiger partial charge is 0.356 e. The van der Waals surface area contributed by atoms with Crippen molar-refractivity contribution in [2.45, 2.75) is 19.9 Å². The van der Waals surface area contributed by atoms with Crippen LogP contribution in [-0.4, -0.2) is 17.8 Å². The second-order valence-electron chi connectivity index (χ2n) is 3.72. The molecule has 3 nitrogen and oxygen atoms in total. The highest BCUT2D eigenvalue weighted by Gasteiger charge is 2.14. The van der Waals surface area contributed by atoms with E-state index in [1.165, 1.54) is 0 Å². The zero-order valence-electron chi connectivity index (χ0n) is 9.91. The Morgan fingerprint density at radius 3 is 2.59 bits per heavy atom. The van der Waals surface area contributed by atoms with E-state index in [1.807, 2.05) is 31.0 Å². The first-order valence-electron chi connectivity index (χ1n) is 5.08. The zero-order chi connectivity index (χ0) is 13.0. The molecule has 90 valence electrons. The van der Waals surface area contributed by atoms with Gasteiger partial charge in [0.1, 0.15) is 5.84 Å². The zero-order valence-corrected chi connectivity index (χ0v) is 11.4. The molecule has 0 heterocycles. The summed E-state index contributed by atoms with van der Waals surface area (Å²) in [5.74, 6) is 0.658. The minimum atomic E-state index is 0.0712. The fourth-order valence-corrected chi connectivity index (χ4v) is 1.73. The van der Waals surface area contributed by atoms with Crippen molar-refractivity contribution in [1.82, 2.24) is 4.90 Å². The molecule has 0 radical (unpaired) electrons. The van der Waals surface area contributed by atoms with Crippen LogP contribution in [0, 0.1) is 11.5 Å². The molecule has 0 N–H and O–H groups in total. The number of benzene rings is 1. The number of hydrogen-bond acceptors (Lipinski definition) is 2. The Kier molecular flexibility index (Phi) is 4.80. The summed E-state index contributed by atoms with van der Waals surface area (Å²) in [6.45, 7) is 3.80. The van der Waals surface area contributed by atoms with Crippen LogP contribution in [0.3, 0.4) is 0 Å². The van der Waals surface area contributed by atoms with Crippen LogP contribution in [0.4, 0.5) is 0 Å². The summed E-state index contributed by atoms with van der Waals surface area (Å²) < 4.78 is 0. The second-order valence-corrected chi connectivity index (χ2v) is 4.53. The van der Waals surface area contributed by atoms with Gasteiger partial charge in [0.25, 0.3) is 0 Å². The molecule has 0 aliphatic rings. The molecule has 0 fully saturated rings. The highest BCUT2D eigenvalue weighted by Crippen LogP contribution is 2.27. The summed E-state index contributed by atoms with van der Waals surface area (Å²) in [7, 11) is 1.88. The van der Waals surface area contributed by atoms with E-state index < -0.39 is 0 Å². The Morgan fingerprint density at radius 2 is 2.06 bits per heavy atom. The van der Waals surface area contributed by atoms with Gasteiger partial charge in [-0.25, -0.2) is 0 Å². The van der Waals surface area contributed by atoms with E-state index in [4.69, 9.17) is 28.5 Å². The average molecular weight is 270 g/mol. The van der Waals surface area contributed by atoms with Crippen LogP contribution in [0.5, 0.6) is 0 Å². The molecule has 0 aliphatic carbocycles. The first-order valence-corrected chi connectivity index (χ1v) is 5.84. The third kappa shape index (κ3) is 3.36. The molecule has 1 atom stereocenters. The number of hydrogen-bond donors (Lipinski definition) is 0. The van der Waals surface area contributed by atoms with Crippen molar-refractivity contribution >= 4 is 29.0 Å². The maximum absolute atomic E-state index is 8.52. The normalized spacial score (nSPS) is 13.1. The molecular formula is C12H13Cl2N3. The van der Waals surface area contributed by atoms with E-state index in [9.17, 15) is 0 Å². The second kappa shape index (κ2) is 5.90. The Balaban J connectivity index is 2.97. The summed E-state index contributed by atoms with van der Waals surface area (Å²) in [5, 5.41) is 9.58. The molecule has 0 amide bonds. The van der Waals surface area contributed by atoms with E-state index in [1.54, 1.807) is 19.2 Å². The molecule has 0 bridgehead atoms. The Bertz CT molecular complexity index is 477. The van der Waals surface area contributed by atoms with Gasteiger partial charge in [0, 0.05) is 7.05 Å². The van der Waals surface area contributed by atoms with Gasteiger partial charge in [0.15, 0.2) is 0 Å². The highest BCUT2D eigenvalue weighted by molar-refractivity contribution is 6.42. The summed E-state index contributed by atoms with van der Waals surface area (Å²) in [5.41, 5.74) is 1.02. The Labute approximate surface area is 111 Å². The molecule has 1 aromatic carbocycles. The standard InChI is InChI=1S/C12H13Cl2N3/c1-8(17(3)9(2)16-7-15)10-4-5-11(13)12(14)6-10/h4-6,8H,1-3H3/b16-9+. The summed E-state index contributed by atoms with van der Waals surface area (Å²) >= 11 is 11.8. The van der Waals surface area contributed by atoms with E-state index >= 15 is 0 Å². The quantitative estimate of drug-likeness (QED) is 0.464. The SMILES string of the molecule is C/C(=N\C#N)N(C)C(C)c1ccc(Cl)c(Cl)c1. The molecule has 0 aliphatic heterocycles. The fourth-order valence-electron chi connectivity index (χ4n) is 1.43. The van der Waals surface area contributed by atoms with Crippen LogP contribution in [0.15, 0.2) is 23.2 Å². The number of aliphatic imine (C=N–C) groups is 1. The number of halogens is 2. The first kappa shape index (κ1) is 13.8. The molecule has 0 aromatic heterocycles. The topological polar surface area (TPSA) is 39.4 Å². The number of amidine groups is 1.